The number of hydrogen-bond donors (Lipinski definition) is 3. The number of aromatic nitrogens is 4. The van der Waals surface area contributed by atoms with Gasteiger partial charge in [0.25, 0.3) is 0 Å². The number of nitrogen functional groups attached to an aromatic ring is 1. The van der Waals surface area contributed by atoms with Crippen molar-refractivity contribution < 1.29 is 9.90 Å². The molecule has 0 radical (unpaired) electrons. The van der Waals surface area contributed by atoms with E-state index in [1.165, 1.54) is 29.7 Å². The zero-order chi connectivity index (χ0) is 30.0. The predicted octanol–water partition coefficient (Wildman–Crippen LogP) is 7.07. The van der Waals surface area contributed by atoms with E-state index in [-0.39, 0.29) is 44.8 Å². The lowest BCUT2D eigenvalue weighted by molar-refractivity contribution is -0.161. The smallest absolute Gasteiger partial charge is 0.306 e. The highest BCUT2D eigenvalue weighted by Gasteiger charge is 2.68. The van der Waals surface area contributed by atoms with Crippen LogP contribution in [0.15, 0.2) is 24.3 Å². The Morgan fingerprint density at radius 2 is 1.71 bits per heavy atom. The minimum absolute atomic E-state index is 0.0161. The fourth-order valence-corrected chi connectivity index (χ4v) is 12.2. The first-order valence-corrected chi connectivity index (χ1v) is 16.2. The third kappa shape index (κ3) is 3.51. The summed E-state index contributed by atoms with van der Waals surface area (Å²) in [7, 11) is 0. The number of aromatic amines is 1. The number of aliphatic carboxylic acids is 1. The first-order chi connectivity index (χ1) is 19.6. The molecule has 7 unspecified atom stereocenters. The quantitative estimate of drug-likeness (QED) is 0.355. The van der Waals surface area contributed by atoms with E-state index in [9.17, 15) is 9.90 Å². The van der Waals surface area contributed by atoms with E-state index >= 15 is 0 Å². The van der Waals surface area contributed by atoms with Crippen molar-refractivity contribution in [2.45, 2.75) is 105 Å². The molecule has 2 aromatic rings. The van der Waals surface area contributed by atoms with Gasteiger partial charge < -0.3 is 10.8 Å². The number of carbonyl (C=O) groups is 1. The molecule has 2 aromatic heterocycles. The van der Waals surface area contributed by atoms with Crippen molar-refractivity contribution in [1.82, 2.24) is 20.2 Å². The topological polar surface area (TPSA) is 118 Å². The Balaban J connectivity index is 1.45. The first kappa shape index (κ1) is 28.1. The van der Waals surface area contributed by atoms with Gasteiger partial charge in [-0.2, -0.15) is 5.10 Å². The van der Waals surface area contributed by atoms with Crippen LogP contribution in [0.2, 0.25) is 0 Å². The Morgan fingerprint density at radius 3 is 2.40 bits per heavy atom. The average Bonchev–Trinajstić information content (AvgIpc) is 3.28. The second-order valence-corrected chi connectivity index (χ2v) is 16.8. The molecule has 0 spiro atoms. The second-order valence-electron chi connectivity index (χ2n) is 16.8. The van der Waals surface area contributed by atoms with Crippen LogP contribution in [0.3, 0.4) is 0 Å². The van der Waals surface area contributed by atoms with E-state index in [1.54, 1.807) is 11.9 Å². The first-order valence-electron chi connectivity index (χ1n) is 16.2. The van der Waals surface area contributed by atoms with Crippen LogP contribution in [0.1, 0.15) is 110 Å². The second kappa shape index (κ2) is 8.69. The van der Waals surface area contributed by atoms with Crippen molar-refractivity contribution in [2.24, 2.45) is 51.2 Å². The summed E-state index contributed by atoms with van der Waals surface area (Å²) in [5, 5.41) is 18.3. The van der Waals surface area contributed by atoms with Gasteiger partial charge in [-0.3, -0.25) is 9.89 Å². The molecule has 3 fully saturated rings. The third-order valence-corrected chi connectivity index (χ3v) is 14.0. The molecule has 42 heavy (non-hydrogen) atoms. The van der Waals surface area contributed by atoms with Crippen LogP contribution in [0.5, 0.6) is 0 Å². The Labute approximate surface area is 250 Å². The van der Waals surface area contributed by atoms with Crippen LogP contribution < -0.4 is 5.73 Å². The van der Waals surface area contributed by atoms with Gasteiger partial charge in [-0.25, -0.2) is 9.97 Å². The van der Waals surface area contributed by atoms with Crippen LogP contribution in [-0.2, 0) is 16.6 Å². The number of carboxylic acid groups (broad SMARTS) is 1. The van der Waals surface area contributed by atoms with Crippen molar-refractivity contribution in [3.63, 3.8) is 0 Å². The monoisotopic (exact) mass is 571 g/mol. The molecular weight excluding hydrogens is 522 g/mol. The van der Waals surface area contributed by atoms with Crippen molar-refractivity contribution in [3.05, 3.63) is 41.1 Å². The maximum atomic E-state index is 12.7. The molecule has 7 nitrogen and oxygen atoms in total. The summed E-state index contributed by atoms with van der Waals surface area (Å²) in [5.41, 5.74) is 13.1. The Kier molecular flexibility index (Phi) is 5.81. The SMILES string of the molecule is CC1(C)CC2C3=C(c4cncnc4)CC4C5(C)Cc6c(N)n[nH]c6C(C)(C)C5CCC4(C)C3(C)CCC2[C@H](C(=O)O)C1. The van der Waals surface area contributed by atoms with Gasteiger partial charge in [0.05, 0.1) is 5.92 Å². The average molecular weight is 572 g/mol. The van der Waals surface area contributed by atoms with E-state index in [2.05, 4.69) is 68.6 Å². The predicted molar refractivity (Wildman–Crippen MR) is 164 cm³/mol. The molecule has 0 amide bonds. The zero-order valence-corrected chi connectivity index (χ0v) is 26.6. The van der Waals surface area contributed by atoms with Crippen molar-refractivity contribution in [2.75, 3.05) is 5.73 Å². The summed E-state index contributed by atoms with van der Waals surface area (Å²) in [4.78, 5) is 21.7. The number of carboxylic acids is 1. The largest absolute Gasteiger partial charge is 0.481 e. The summed E-state index contributed by atoms with van der Waals surface area (Å²) < 4.78 is 0. The minimum atomic E-state index is -0.613. The third-order valence-electron chi connectivity index (χ3n) is 14.0. The molecule has 0 aromatic carbocycles. The van der Waals surface area contributed by atoms with Crippen LogP contribution in [0, 0.1) is 51.2 Å². The van der Waals surface area contributed by atoms with Gasteiger partial charge in [0.2, 0.25) is 0 Å². The lowest BCUT2D eigenvalue weighted by Gasteiger charge is -2.70. The molecule has 226 valence electrons. The number of nitrogens with two attached hydrogens (primary N) is 1. The highest BCUT2D eigenvalue weighted by Crippen LogP contribution is 2.76. The van der Waals surface area contributed by atoms with E-state index in [0.717, 1.165) is 44.1 Å². The van der Waals surface area contributed by atoms with Crippen LogP contribution in [0.25, 0.3) is 5.57 Å². The van der Waals surface area contributed by atoms with Crippen molar-refractivity contribution in [1.29, 1.82) is 0 Å². The lowest BCUT2D eigenvalue weighted by Crippen LogP contribution is -2.64. The van der Waals surface area contributed by atoms with Crippen LogP contribution in [0.4, 0.5) is 5.82 Å². The standard InChI is InChI=1S/C35H49N5O2/c1-31(2)13-22-20(23(14-31)30(41)42)8-10-35(7)27(22)21(19-16-37-18-38-17-19)12-26-33(5)15-24-28(39-40-29(24)36)32(3,4)25(33)9-11-34(26,35)6/h16-18,20,22-23,25-26H,8-15H2,1-7H3,(H,41,42)(H3,36,39,40)/t20?,22?,23-,25?,26?,33?,34?,35?/m1/s1. The number of rotatable bonds is 2. The highest BCUT2D eigenvalue weighted by atomic mass is 16.4. The summed E-state index contributed by atoms with van der Waals surface area (Å²) in [6.07, 6.45) is 13.8. The molecule has 0 bridgehead atoms. The van der Waals surface area contributed by atoms with E-state index in [1.807, 2.05) is 12.4 Å². The summed E-state index contributed by atoms with van der Waals surface area (Å²) in [5.74, 6) is 1.16. The van der Waals surface area contributed by atoms with Crippen LogP contribution in [-0.4, -0.2) is 31.2 Å². The van der Waals surface area contributed by atoms with Gasteiger partial charge in [0.1, 0.15) is 12.1 Å². The highest BCUT2D eigenvalue weighted by molar-refractivity contribution is 5.74. The molecular formula is C35H49N5O2. The van der Waals surface area contributed by atoms with Crippen molar-refractivity contribution in [3.8, 4) is 0 Å². The molecule has 2 heterocycles. The van der Waals surface area contributed by atoms with E-state index in [0.29, 0.717) is 17.7 Å². The fourth-order valence-electron chi connectivity index (χ4n) is 12.2. The van der Waals surface area contributed by atoms with E-state index in [4.69, 9.17) is 5.73 Å². The Hall–Kier alpha value is -2.70. The number of nitrogens with one attached hydrogen (secondary N) is 1. The van der Waals surface area contributed by atoms with Crippen molar-refractivity contribution >= 4 is 17.4 Å². The maximum absolute atomic E-state index is 12.7. The molecule has 5 aliphatic rings. The molecule has 8 atom stereocenters. The number of H-pyrrole nitrogens is 1. The maximum Gasteiger partial charge on any atom is 0.306 e. The normalized spacial score (nSPS) is 41.5. The summed E-state index contributed by atoms with van der Waals surface area (Å²) in [6.45, 7) is 17.1. The molecule has 7 heteroatoms. The fraction of sp³-hybridized carbons (Fsp3) is 0.714. The zero-order valence-electron chi connectivity index (χ0n) is 26.6. The molecule has 0 aliphatic heterocycles. The summed E-state index contributed by atoms with van der Waals surface area (Å²) in [6, 6.07) is 0. The molecule has 3 saturated carbocycles. The van der Waals surface area contributed by atoms with Gasteiger partial charge in [-0.15, -0.1) is 0 Å². The molecule has 4 N–H and O–H groups in total. The minimum Gasteiger partial charge on any atom is -0.481 e. The number of nitrogens with zero attached hydrogens (tertiary/aromatic N) is 3. The number of fused-ring (bicyclic) bond motifs is 8. The van der Waals surface area contributed by atoms with Gasteiger partial charge in [0.15, 0.2) is 0 Å². The Bertz CT molecular complexity index is 1480. The summed E-state index contributed by atoms with van der Waals surface area (Å²) >= 11 is 0. The van der Waals surface area contributed by atoms with Gasteiger partial charge in [0, 0.05) is 34.6 Å². The van der Waals surface area contributed by atoms with Crippen LogP contribution >= 0.6 is 0 Å². The number of anilines is 1. The number of hydrogen-bond acceptors (Lipinski definition) is 5. The van der Waals surface area contributed by atoms with Gasteiger partial charge >= 0.3 is 5.97 Å². The van der Waals surface area contributed by atoms with Gasteiger partial charge in [-0.1, -0.05) is 54.0 Å². The molecule has 0 saturated heterocycles. The van der Waals surface area contributed by atoms with E-state index < -0.39 is 5.97 Å². The molecule has 5 aliphatic carbocycles. The Morgan fingerprint density at radius 1 is 1.00 bits per heavy atom. The van der Waals surface area contributed by atoms with Gasteiger partial charge in [-0.05, 0) is 102 Å². The number of allylic oxidation sites excluding steroid dienone is 2. The lowest BCUT2D eigenvalue weighted by atomic mass is 9.33. The molecule has 7 rings (SSSR count).